The van der Waals surface area contributed by atoms with E-state index < -0.39 is 47.9 Å². The van der Waals surface area contributed by atoms with Crippen LogP contribution in [0.4, 0.5) is 0 Å². The number of carboxylic acids is 1. The second-order valence-corrected chi connectivity index (χ2v) is 10.0. The van der Waals surface area contributed by atoms with Crippen molar-refractivity contribution in [1.29, 1.82) is 0 Å². The Morgan fingerprint density at radius 2 is 1.26 bits per heavy atom. The Balaban J connectivity index is 3.14. The van der Waals surface area contributed by atoms with Gasteiger partial charge in [-0.2, -0.15) is 0 Å². The summed E-state index contributed by atoms with van der Waals surface area (Å²) in [7, 11) is 0. The third kappa shape index (κ3) is 14.6. The first-order chi connectivity index (χ1) is 20.0. The minimum atomic E-state index is -1.22. The maximum atomic E-state index is 13.5. The van der Waals surface area contributed by atoms with Crippen LogP contribution in [0.15, 0.2) is 29.3 Å². The van der Waals surface area contributed by atoms with Crippen molar-refractivity contribution in [2.45, 2.75) is 82.0 Å². The Kier molecular flexibility index (Phi) is 17.2. The lowest BCUT2D eigenvalue weighted by molar-refractivity contribution is -0.142. The molecule has 236 valence electrons. The molecule has 0 spiro atoms. The highest BCUT2D eigenvalue weighted by Gasteiger charge is 2.30. The van der Waals surface area contributed by atoms with E-state index in [1.807, 2.05) is 0 Å². The molecule has 1 aromatic carbocycles. The first-order valence-corrected chi connectivity index (χ1v) is 14.1. The third-order valence-electron chi connectivity index (χ3n) is 6.45. The average Bonchev–Trinajstić information content (AvgIpc) is 2.94. The summed E-state index contributed by atoms with van der Waals surface area (Å²) in [5.41, 5.74) is 28.4. The molecule has 0 heterocycles. The van der Waals surface area contributed by atoms with Crippen LogP contribution in [-0.4, -0.2) is 83.7 Å². The normalized spacial score (nSPS) is 13.7. The van der Waals surface area contributed by atoms with E-state index in [1.54, 1.807) is 12.1 Å². The number of hydrogen-bond acceptors (Lipinski definition) is 9. The molecule has 0 aliphatic heterocycles. The average molecular weight is 594 g/mol. The highest BCUT2D eigenvalue weighted by atomic mass is 16.4. The molecule has 0 saturated carbocycles. The first-order valence-electron chi connectivity index (χ1n) is 14.1. The van der Waals surface area contributed by atoms with Crippen molar-refractivity contribution in [3.63, 3.8) is 0 Å². The molecule has 4 atom stereocenters. The zero-order chi connectivity index (χ0) is 31.5. The number of nitrogens with zero attached hydrogens (tertiary/aromatic N) is 1. The van der Waals surface area contributed by atoms with E-state index in [2.05, 4.69) is 20.9 Å². The Morgan fingerprint density at radius 3 is 1.83 bits per heavy atom. The monoisotopic (exact) mass is 593 g/mol. The molecule has 15 N–H and O–H groups in total. The Labute approximate surface area is 246 Å². The zero-order valence-electron chi connectivity index (χ0n) is 24.0. The fourth-order valence-electron chi connectivity index (χ4n) is 4.06. The smallest absolute Gasteiger partial charge is 0.326 e. The number of carbonyl (C=O) groups excluding carboxylic acids is 3. The fourth-order valence-corrected chi connectivity index (χ4v) is 4.06. The summed E-state index contributed by atoms with van der Waals surface area (Å²) in [6.07, 6.45) is 3.35. The SMILES string of the molecule is NCCCCC(N)C(=O)NC(Cc1ccc(O)cc1)C(=O)NC(CCCN=C(N)N)C(=O)NC(CCCCN)C(=O)O. The van der Waals surface area contributed by atoms with Crippen molar-refractivity contribution >= 4 is 29.7 Å². The van der Waals surface area contributed by atoms with Gasteiger partial charge in [0, 0.05) is 13.0 Å². The summed E-state index contributed by atoms with van der Waals surface area (Å²) in [6, 6.07) is 1.75. The Hall–Kier alpha value is -3.95. The van der Waals surface area contributed by atoms with Crippen molar-refractivity contribution in [2.75, 3.05) is 19.6 Å². The van der Waals surface area contributed by atoms with Gasteiger partial charge in [-0.05, 0) is 75.7 Å². The molecule has 0 saturated heterocycles. The summed E-state index contributed by atoms with van der Waals surface area (Å²) in [6.45, 7) is 1.02. The Bertz CT molecular complexity index is 1020. The highest BCUT2D eigenvalue weighted by molar-refractivity contribution is 5.94. The minimum Gasteiger partial charge on any atom is -0.508 e. The van der Waals surface area contributed by atoms with Crippen molar-refractivity contribution in [3.8, 4) is 5.75 Å². The van der Waals surface area contributed by atoms with Crippen LogP contribution in [0.25, 0.3) is 0 Å². The molecule has 1 aromatic rings. The number of aliphatic carboxylic acids is 1. The molecule has 0 aliphatic carbocycles. The molecule has 0 radical (unpaired) electrons. The van der Waals surface area contributed by atoms with Crippen molar-refractivity contribution in [3.05, 3.63) is 29.8 Å². The van der Waals surface area contributed by atoms with Crippen LogP contribution in [0.1, 0.15) is 56.9 Å². The molecule has 0 aliphatic rings. The maximum Gasteiger partial charge on any atom is 0.326 e. The van der Waals surface area contributed by atoms with Crippen LogP contribution in [0.5, 0.6) is 5.75 Å². The van der Waals surface area contributed by atoms with E-state index in [9.17, 15) is 29.4 Å². The third-order valence-corrected chi connectivity index (χ3v) is 6.45. The molecule has 15 heteroatoms. The molecule has 0 bridgehead atoms. The summed E-state index contributed by atoms with van der Waals surface area (Å²) in [4.78, 5) is 55.2. The molecule has 0 aromatic heterocycles. The quantitative estimate of drug-likeness (QED) is 0.0427. The fraction of sp³-hybridized carbons (Fsp3) is 0.593. The number of guanidine groups is 1. The molecular weight excluding hydrogens is 546 g/mol. The van der Waals surface area contributed by atoms with Crippen LogP contribution in [0, 0.1) is 0 Å². The number of rotatable bonds is 21. The highest BCUT2D eigenvalue weighted by Crippen LogP contribution is 2.13. The minimum absolute atomic E-state index is 0.0303. The van der Waals surface area contributed by atoms with Crippen LogP contribution in [-0.2, 0) is 25.6 Å². The van der Waals surface area contributed by atoms with Gasteiger partial charge in [0.25, 0.3) is 0 Å². The lowest BCUT2D eigenvalue weighted by atomic mass is 10.0. The standard InChI is InChI=1S/C27H47N9O6/c28-13-3-1-6-19(30)23(38)36-22(16-17-9-11-18(37)12-10-17)25(40)34-20(8-5-15-33-27(31)32)24(39)35-21(26(41)42)7-2-4-14-29/h9-12,19-22,37H,1-8,13-16,28-30H2,(H,34,40)(H,35,39)(H,36,38)(H,41,42)(H4,31,32,33). The first kappa shape index (κ1) is 36.1. The number of unbranched alkanes of at least 4 members (excludes halogenated alkanes) is 2. The van der Waals surface area contributed by atoms with E-state index in [1.165, 1.54) is 12.1 Å². The van der Waals surface area contributed by atoms with Gasteiger partial charge in [-0.25, -0.2) is 4.79 Å². The number of nitrogens with one attached hydrogen (secondary N) is 3. The van der Waals surface area contributed by atoms with Crippen LogP contribution in [0.2, 0.25) is 0 Å². The number of benzene rings is 1. The summed E-state index contributed by atoms with van der Waals surface area (Å²) >= 11 is 0. The second-order valence-electron chi connectivity index (χ2n) is 10.0. The molecular formula is C27H47N9O6. The largest absolute Gasteiger partial charge is 0.508 e. The second kappa shape index (κ2) is 20.0. The number of amides is 3. The van der Waals surface area contributed by atoms with Gasteiger partial charge < -0.3 is 54.8 Å². The Morgan fingerprint density at radius 1 is 0.738 bits per heavy atom. The summed E-state index contributed by atoms with van der Waals surface area (Å²) in [5.74, 6) is -3.25. The van der Waals surface area contributed by atoms with E-state index in [-0.39, 0.29) is 37.5 Å². The van der Waals surface area contributed by atoms with Gasteiger partial charge in [-0.1, -0.05) is 18.6 Å². The number of carboxylic acid groups (broad SMARTS) is 1. The van der Waals surface area contributed by atoms with Gasteiger partial charge in [-0.15, -0.1) is 0 Å². The molecule has 3 amide bonds. The number of aromatic hydroxyl groups is 1. The lowest BCUT2D eigenvalue weighted by Crippen LogP contribution is -2.57. The molecule has 15 nitrogen and oxygen atoms in total. The summed E-state index contributed by atoms with van der Waals surface area (Å²) in [5, 5.41) is 27.0. The van der Waals surface area contributed by atoms with E-state index >= 15 is 0 Å². The van der Waals surface area contributed by atoms with Crippen molar-refractivity contribution in [1.82, 2.24) is 16.0 Å². The number of nitrogens with two attached hydrogens (primary N) is 5. The number of phenolic OH excluding ortho intramolecular Hbond substituents is 1. The number of aliphatic imine (C=N–C) groups is 1. The van der Waals surface area contributed by atoms with Crippen LogP contribution < -0.4 is 44.6 Å². The molecule has 42 heavy (non-hydrogen) atoms. The summed E-state index contributed by atoms with van der Waals surface area (Å²) < 4.78 is 0. The number of carbonyl (C=O) groups is 4. The van der Waals surface area contributed by atoms with Crippen molar-refractivity contribution in [2.24, 2.45) is 33.7 Å². The van der Waals surface area contributed by atoms with Gasteiger partial charge in [0.2, 0.25) is 17.7 Å². The predicted molar refractivity (Wildman–Crippen MR) is 159 cm³/mol. The zero-order valence-corrected chi connectivity index (χ0v) is 24.0. The topological polar surface area (TPSA) is 287 Å². The van der Waals surface area contributed by atoms with Crippen LogP contribution >= 0.6 is 0 Å². The molecule has 4 unspecified atom stereocenters. The lowest BCUT2D eigenvalue weighted by Gasteiger charge is -2.25. The van der Waals surface area contributed by atoms with Gasteiger partial charge >= 0.3 is 5.97 Å². The van der Waals surface area contributed by atoms with Gasteiger partial charge in [0.1, 0.15) is 23.9 Å². The number of hydrogen-bond donors (Lipinski definition) is 10. The maximum absolute atomic E-state index is 13.5. The number of phenols is 1. The molecule has 1 rings (SSSR count). The van der Waals surface area contributed by atoms with Gasteiger partial charge in [0.05, 0.1) is 6.04 Å². The van der Waals surface area contributed by atoms with Crippen LogP contribution in [0.3, 0.4) is 0 Å². The van der Waals surface area contributed by atoms with E-state index in [0.29, 0.717) is 57.2 Å². The van der Waals surface area contributed by atoms with Gasteiger partial charge in [0.15, 0.2) is 5.96 Å². The van der Waals surface area contributed by atoms with Gasteiger partial charge in [-0.3, -0.25) is 19.4 Å². The van der Waals surface area contributed by atoms with E-state index in [4.69, 9.17) is 28.7 Å². The predicted octanol–water partition coefficient (Wildman–Crippen LogP) is -1.89. The van der Waals surface area contributed by atoms with E-state index in [0.717, 1.165) is 0 Å². The van der Waals surface area contributed by atoms with Crippen molar-refractivity contribution < 1.29 is 29.4 Å². The molecule has 0 fully saturated rings.